The zero-order chi connectivity index (χ0) is 50.3. The van der Waals surface area contributed by atoms with Crippen molar-refractivity contribution >= 4 is 35.3 Å². The maximum atomic E-state index is 14.4. The largest absolute Gasteiger partial charge is 0.481 e. The Kier molecular flexibility index (Phi) is 22.6. The Bertz CT molecular complexity index is 1790. The van der Waals surface area contributed by atoms with E-state index in [0.29, 0.717) is 58.3 Å². The molecule has 2 heterocycles. The van der Waals surface area contributed by atoms with Crippen LogP contribution in [0.5, 0.6) is 0 Å². The van der Waals surface area contributed by atoms with E-state index in [-0.39, 0.29) is 90.1 Å². The van der Waals surface area contributed by atoms with Crippen molar-refractivity contribution in [3.8, 4) is 0 Å². The van der Waals surface area contributed by atoms with Gasteiger partial charge in [-0.1, -0.05) is 92.1 Å². The molecule has 14 heteroatoms. The van der Waals surface area contributed by atoms with E-state index in [1.54, 1.807) is 19.3 Å². The number of carboxylic acids is 1. The van der Waals surface area contributed by atoms with Crippen LogP contribution < -0.4 is 5.32 Å². The maximum Gasteiger partial charge on any atom is 0.303 e. The van der Waals surface area contributed by atoms with Gasteiger partial charge in [-0.15, -0.1) is 0 Å². The Balaban J connectivity index is 1.37. The number of likely N-dealkylation sites (tertiary alicyclic amines) is 1. The molecular weight excluding hydrogens is 865 g/mol. The van der Waals surface area contributed by atoms with E-state index in [1.807, 2.05) is 69.7 Å². The predicted molar refractivity (Wildman–Crippen MR) is 263 cm³/mol. The van der Waals surface area contributed by atoms with Crippen LogP contribution in [0, 0.1) is 40.9 Å². The summed E-state index contributed by atoms with van der Waals surface area (Å²) in [5, 5.41) is 13.7. The highest BCUT2D eigenvalue weighted by atomic mass is 16.7. The van der Waals surface area contributed by atoms with Crippen molar-refractivity contribution < 1.29 is 48.2 Å². The monoisotopic (exact) mass is 953 g/mol. The standard InChI is InChI=1S/C54H88N4O10/c1-12-38(7)41(31-37(6)32-45(60)49(35(2)3)55-52(64)50(36(4)5)56(9)27-20-25-48(62)63)46(66-10)33-47(61)57-28-19-23-43(57)51(67-11)39(8)44(59)24-18-26-54(53(65)58-29-16-17-30-68-58)34-42(54)40-21-14-13-15-22-40/h13-15,21-22,35-39,41-43,46,49-51H,12,16-20,23-34H2,1-11H3,(H,55,64)(H,62,63). The molecule has 1 aromatic carbocycles. The summed E-state index contributed by atoms with van der Waals surface area (Å²) in [6, 6.07) is 8.71. The number of carbonyl (C=O) groups excluding carboxylic acids is 5. The maximum absolute atomic E-state index is 14.4. The zero-order valence-electron chi connectivity index (χ0n) is 43.5. The molecule has 68 heavy (non-hydrogen) atoms. The van der Waals surface area contributed by atoms with Gasteiger partial charge in [0.25, 0.3) is 5.91 Å². The smallest absolute Gasteiger partial charge is 0.303 e. The number of nitrogens with one attached hydrogen (secondary N) is 1. The number of ketones is 2. The Morgan fingerprint density at radius 1 is 0.882 bits per heavy atom. The van der Waals surface area contributed by atoms with Crippen LogP contribution in [-0.2, 0) is 43.1 Å². The lowest BCUT2D eigenvalue weighted by molar-refractivity contribution is -0.203. The van der Waals surface area contributed by atoms with Crippen LogP contribution in [0.15, 0.2) is 30.3 Å². The summed E-state index contributed by atoms with van der Waals surface area (Å²) >= 11 is 0. The van der Waals surface area contributed by atoms with E-state index >= 15 is 0 Å². The molecule has 14 nitrogen and oxygen atoms in total. The fourth-order valence-electron chi connectivity index (χ4n) is 11.4. The van der Waals surface area contributed by atoms with Crippen molar-refractivity contribution in [3.05, 3.63) is 35.9 Å². The molecule has 2 saturated heterocycles. The number of rotatable bonds is 30. The van der Waals surface area contributed by atoms with E-state index in [2.05, 4.69) is 38.2 Å². The number of methoxy groups -OCH3 is 2. The van der Waals surface area contributed by atoms with Crippen molar-refractivity contribution in [2.75, 3.05) is 47.5 Å². The Morgan fingerprint density at radius 2 is 1.59 bits per heavy atom. The van der Waals surface area contributed by atoms with Crippen LogP contribution in [0.1, 0.15) is 157 Å². The fourth-order valence-corrected chi connectivity index (χ4v) is 11.4. The molecule has 2 aliphatic heterocycles. The normalized spacial score (nSPS) is 23.1. The number of hydroxylamine groups is 2. The van der Waals surface area contributed by atoms with E-state index in [1.165, 1.54) is 0 Å². The van der Waals surface area contributed by atoms with Crippen LogP contribution in [0.25, 0.3) is 0 Å². The molecule has 0 aromatic heterocycles. The number of hydrogen-bond donors (Lipinski definition) is 2. The first-order valence-corrected chi connectivity index (χ1v) is 25.9. The van der Waals surface area contributed by atoms with Gasteiger partial charge in [0.15, 0.2) is 5.78 Å². The second-order valence-corrected chi connectivity index (χ2v) is 21.3. The number of carboxylic acid groups (broad SMARTS) is 1. The number of amides is 3. The number of hydrogen-bond acceptors (Lipinski definition) is 10. The minimum Gasteiger partial charge on any atom is -0.481 e. The van der Waals surface area contributed by atoms with Gasteiger partial charge in [-0.25, -0.2) is 5.06 Å². The molecule has 3 fully saturated rings. The van der Waals surface area contributed by atoms with E-state index < -0.39 is 41.6 Å². The minimum atomic E-state index is -0.875. The van der Waals surface area contributed by atoms with E-state index in [9.17, 15) is 28.8 Å². The molecule has 0 spiro atoms. The van der Waals surface area contributed by atoms with Gasteiger partial charge in [0.2, 0.25) is 11.8 Å². The van der Waals surface area contributed by atoms with Crippen molar-refractivity contribution in [2.24, 2.45) is 40.9 Å². The average molecular weight is 953 g/mol. The Hall–Kier alpha value is -3.72. The van der Waals surface area contributed by atoms with Gasteiger partial charge in [0.05, 0.1) is 48.8 Å². The summed E-state index contributed by atoms with van der Waals surface area (Å²) in [7, 11) is 5.09. The molecular formula is C54H88N4O10. The molecule has 1 aromatic rings. The minimum absolute atomic E-state index is 0.0157. The number of likely N-dealkylation sites (N-methyl/N-ethyl adjacent to an activating group) is 1. The highest BCUT2D eigenvalue weighted by Gasteiger charge is 2.61. The number of benzene rings is 1. The van der Waals surface area contributed by atoms with Crippen LogP contribution in [0.2, 0.25) is 0 Å². The molecule has 1 saturated carbocycles. The average Bonchev–Trinajstić information content (AvgIpc) is 3.85. The van der Waals surface area contributed by atoms with Gasteiger partial charge in [0.1, 0.15) is 5.78 Å². The van der Waals surface area contributed by atoms with Crippen LogP contribution in [-0.4, -0.2) is 133 Å². The highest BCUT2D eigenvalue weighted by Crippen LogP contribution is 2.63. The third-order valence-corrected chi connectivity index (χ3v) is 15.6. The summed E-state index contributed by atoms with van der Waals surface area (Å²) in [5.74, 6) is -1.50. The lowest BCUT2D eigenvalue weighted by atomic mass is 9.77. The van der Waals surface area contributed by atoms with Gasteiger partial charge in [-0.2, -0.15) is 0 Å². The Labute approximate surface area is 408 Å². The first-order valence-electron chi connectivity index (χ1n) is 25.9. The van der Waals surface area contributed by atoms with Gasteiger partial charge in [-0.3, -0.25) is 38.5 Å². The number of carbonyl (C=O) groups is 6. The highest BCUT2D eigenvalue weighted by molar-refractivity contribution is 5.91. The fraction of sp³-hybridized carbons (Fsp3) is 0.778. The lowest BCUT2D eigenvalue weighted by Gasteiger charge is -2.37. The number of ether oxygens (including phenoxy) is 2. The van der Waals surface area contributed by atoms with E-state index in [0.717, 1.165) is 44.1 Å². The molecule has 384 valence electrons. The molecule has 2 N–H and O–H groups in total. The topological polar surface area (TPSA) is 172 Å². The predicted octanol–water partition coefficient (Wildman–Crippen LogP) is 8.11. The van der Waals surface area contributed by atoms with Crippen molar-refractivity contribution in [2.45, 2.75) is 182 Å². The molecule has 11 atom stereocenters. The molecule has 4 rings (SSSR count). The summed E-state index contributed by atoms with van der Waals surface area (Å²) in [4.78, 5) is 90.8. The van der Waals surface area contributed by atoms with Crippen LogP contribution in [0.3, 0.4) is 0 Å². The zero-order valence-corrected chi connectivity index (χ0v) is 43.5. The summed E-state index contributed by atoms with van der Waals surface area (Å²) < 4.78 is 12.2. The number of nitrogens with zero attached hydrogens (tertiary/aromatic N) is 3. The quantitative estimate of drug-likeness (QED) is 0.0763. The molecule has 3 aliphatic rings. The number of aliphatic carboxylic acids is 1. The summed E-state index contributed by atoms with van der Waals surface area (Å²) in [5.41, 5.74) is 0.567. The molecule has 3 amide bonds. The molecule has 0 bridgehead atoms. The molecule has 11 unspecified atom stereocenters. The summed E-state index contributed by atoms with van der Waals surface area (Å²) in [6.07, 6.45) is 7.14. The first kappa shape index (κ1) is 56.9. The molecule has 0 radical (unpaired) electrons. The van der Waals surface area contributed by atoms with Crippen molar-refractivity contribution in [1.29, 1.82) is 0 Å². The first-order chi connectivity index (χ1) is 32.3. The second-order valence-electron chi connectivity index (χ2n) is 21.3. The third kappa shape index (κ3) is 15.1. The molecule has 1 aliphatic carbocycles. The SMILES string of the molecule is CCC(C)C(CC(C)CC(=O)C(NC(=O)C(C(C)C)N(C)CCCC(=O)O)C(C)C)C(CC(=O)N1CCCC1C(OC)C(C)C(=O)CCCC1(C(=O)N2CCCCO2)CC1c1ccccc1)OC. The van der Waals surface area contributed by atoms with Gasteiger partial charge in [0, 0.05) is 52.5 Å². The van der Waals surface area contributed by atoms with Gasteiger partial charge >= 0.3 is 5.97 Å². The van der Waals surface area contributed by atoms with Gasteiger partial charge in [-0.05, 0) is 112 Å². The van der Waals surface area contributed by atoms with Crippen molar-refractivity contribution in [1.82, 2.24) is 20.2 Å². The lowest BCUT2D eigenvalue weighted by Crippen LogP contribution is -2.54. The van der Waals surface area contributed by atoms with Crippen LogP contribution >= 0.6 is 0 Å². The van der Waals surface area contributed by atoms with E-state index in [4.69, 9.17) is 19.4 Å². The van der Waals surface area contributed by atoms with Crippen molar-refractivity contribution in [3.63, 3.8) is 0 Å². The summed E-state index contributed by atoms with van der Waals surface area (Å²) in [6.45, 7) is 18.2. The third-order valence-electron chi connectivity index (χ3n) is 15.6. The number of Topliss-reactive ketones (excluding diaryl/α,β-unsaturated/α-hetero) is 2. The van der Waals surface area contributed by atoms with Crippen LogP contribution in [0.4, 0.5) is 0 Å². The second kappa shape index (κ2) is 27.0. The Morgan fingerprint density at radius 3 is 2.18 bits per heavy atom. The van der Waals surface area contributed by atoms with Gasteiger partial charge < -0.3 is 24.8 Å².